The van der Waals surface area contributed by atoms with Crippen molar-refractivity contribution in [2.45, 2.75) is 39.0 Å². The van der Waals surface area contributed by atoms with E-state index < -0.39 is 11.9 Å². The summed E-state index contributed by atoms with van der Waals surface area (Å²) in [4.78, 5) is 34.7. The fourth-order valence-electron chi connectivity index (χ4n) is 3.53. The molecule has 0 saturated heterocycles. The first-order valence-corrected chi connectivity index (χ1v) is 14.3. The van der Waals surface area contributed by atoms with Gasteiger partial charge in [-0.1, -0.05) is 30.3 Å². The van der Waals surface area contributed by atoms with Gasteiger partial charge in [0, 0.05) is 24.1 Å². The predicted molar refractivity (Wildman–Crippen MR) is 165 cm³/mol. The second kappa shape index (κ2) is 19.8. The first-order valence-electron chi connectivity index (χ1n) is 13.9. The molecule has 0 aromatic heterocycles. The van der Waals surface area contributed by atoms with E-state index in [-0.39, 0.29) is 12.6 Å². The molecule has 0 atom stereocenters. The standard InChI is InChI=1S/C33H39ClO9/c1-24(2)33(37)43-19-8-6-5-7-18-40-28-14-10-25(22-27(28)34)13-17-32(36)42-21-9-20-41-29-15-11-26(23-30(29)38-3)12-16-31(35)39-4/h10-17,22-23H,1,5-9,18-21H2,2-4H3. The van der Waals surface area contributed by atoms with Crippen LogP contribution in [0.3, 0.4) is 0 Å². The monoisotopic (exact) mass is 614 g/mol. The maximum Gasteiger partial charge on any atom is 0.333 e. The van der Waals surface area contributed by atoms with Gasteiger partial charge in [0.05, 0.1) is 45.7 Å². The number of unbranched alkanes of at least 4 members (excludes halogenated alkanes) is 3. The van der Waals surface area contributed by atoms with E-state index >= 15 is 0 Å². The summed E-state index contributed by atoms with van der Waals surface area (Å²) in [6, 6.07) is 10.5. The molecular formula is C33H39ClO9. The Balaban J connectivity index is 1.65. The molecule has 9 nitrogen and oxygen atoms in total. The molecule has 0 spiro atoms. The average molecular weight is 615 g/mol. The molecule has 0 unspecified atom stereocenters. The lowest BCUT2D eigenvalue weighted by Crippen LogP contribution is -2.07. The number of rotatable bonds is 19. The van der Waals surface area contributed by atoms with Crippen LogP contribution >= 0.6 is 11.6 Å². The van der Waals surface area contributed by atoms with Gasteiger partial charge >= 0.3 is 17.9 Å². The van der Waals surface area contributed by atoms with Crippen molar-refractivity contribution in [2.75, 3.05) is 40.6 Å². The number of carbonyl (C=O) groups is 3. The zero-order valence-corrected chi connectivity index (χ0v) is 25.7. The Bertz CT molecular complexity index is 1280. The van der Waals surface area contributed by atoms with Gasteiger partial charge < -0.3 is 28.4 Å². The van der Waals surface area contributed by atoms with Crippen molar-refractivity contribution in [3.05, 3.63) is 76.9 Å². The Kier molecular flexibility index (Phi) is 16.1. The van der Waals surface area contributed by atoms with Crippen LogP contribution in [0.1, 0.15) is 50.2 Å². The number of esters is 3. The molecule has 0 aliphatic carbocycles. The van der Waals surface area contributed by atoms with E-state index in [0.29, 0.717) is 54.1 Å². The maximum absolute atomic E-state index is 12.1. The number of ether oxygens (including phenoxy) is 6. The van der Waals surface area contributed by atoms with E-state index in [9.17, 15) is 14.4 Å². The summed E-state index contributed by atoms with van der Waals surface area (Å²) in [7, 11) is 2.84. The number of hydrogen-bond donors (Lipinski definition) is 0. The molecule has 2 rings (SSSR count). The Morgan fingerprint density at radius 1 is 0.721 bits per heavy atom. The lowest BCUT2D eigenvalue weighted by Gasteiger charge is -2.11. The lowest BCUT2D eigenvalue weighted by molar-refractivity contribution is -0.139. The zero-order chi connectivity index (χ0) is 31.5. The van der Waals surface area contributed by atoms with Crippen molar-refractivity contribution in [3.8, 4) is 17.2 Å². The third-order valence-corrected chi connectivity index (χ3v) is 6.13. The highest BCUT2D eigenvalue weighted by molar-refractivity contribution is 6.32. The van der Waals surface area contributed by atoms with Crippen LogP contribution < -0.4 is 14.2 Å². The molecular weight excluding hydrogens is 576 g/mol. The van der Waals surface area contributed by atoms with Crippen LogP contribution in [-0.2, 0) is 28.6 Å². The van der Waals surface area contributed by atoms with Crippen LogP contribution in [0.15, 0.2) is 60.7 Å². The summed E-state index contributed by atoms with van der Waals surface area (Å²) in [5.74, 6) is 0.327. The van der Waals surface area contributed by atoms with E-state index in [1.165, 1.54) is 26.4 Å². The Morgan fingerprint density at radius 3 is 1.95 bits per heavy atom. The zero-order valence-electron chi connectivity index (χ0n) is 24.9. The normalized spacial score (nSPS) is 10.9. The fourth-order valence-corrected chi connectivity index (χ4v) is 3.77. The molecule has 0 heterocycles. The average Bonchev–Trinajstić information content (AvgIpc) is 3.00. The molecule has 0 N–H and O–H groups in total. The van der Waals surface area contributed by atoms with Gasteiger partial charge in [0.1, 0.15) is 5.75 Å². The highest BCUT2D eigenvalue weighted by Crippen LogP contribution is 2.29. The first kappa shape index (κ1) is 35.0. The number of hydrogen-bond acceptors (Lipinski definition) is 9. The van der Waals surface area contributed by atoms with E-state index in [4.69, 9.17) is 35.3 Å². The Hall–Kier alpha value is -4.24. The van der Waals surface area contributed by atoms with Crippen molar-refractivity contribution < 1.29 is 42.8 Å². The van der Waals surface area contributed by atoms with Crippen LogP contribution in [0.2, 0.25) is 5.02 Å². The number of benzene rings is 2. The van der Waals surface area contributed by atoms with Crippen molar-refractivity contribution in [1.82, 2.24) is 0 Å². The summed E-state index contributed by atoms with van der Waals surface area (Å²) in [6.07, 6.45) is 9.87. The minimum atomic E-state index is -0.481. The fraction of sp³-hybridized carbons (Fsp3) is 0.364. The van der Waals surface area contributed by atoms with E-state index in [0.717, 1.165) is 36.8 Å². The van der Waals surface area contributed by atoms with Crippen LogP contribution in [0.25, 0.3) is 12.2 Å². The van der Waals surface area contributed by atoms with Crippen molar-refractivity contribution >= 4 is 41.7 Å². The topological polar surface area (TPSA) is 107 Å². The minimum Gasteiger partial charge on any atom is -0.493 e. The number of carbonyl (C=O) groups excluding carboxylic acids is 3. The largest absolute Gasteiger partial charge is 0.493 e. The van der Waals surface area contributed by atoms with Crippen LogP contribution in [0.5, 0.6) is 17.2 Å². The summed E-state index contributed by atoms with van der Waals surface area (Å²) in [6.45, 7) is 6.57. The van der Waals surface area contributed by atoms with Crippen molar-refractivity contribution in [2.24, 2.45) is 0 Å². The Labute approximate surface area is 258 Å². The SMILES string of the molecule is C=C(C)C(=O)OCCCCCCOc1ccc(C=CC(=O)OCCCOc2ccc(C=CC(=O)OC)cc2OC)cc1Cl. The van der Waals surface area contributed by atoms with Crippen LogP contribution in [0, 0.1) is 0 Å². The molecule has 0 fully saturated rings. The lowest BCUT2D eigenvalue weighted by atomic mass is 10.2. The number of halogens is 1. The van der Waals surface area contributed by atoms with E-state index in [1.807, 2.05) is 0 Å². The van der Waals surface area contributed by atoms with E-state index in [2.05, 4.69) is 11.3 Å². The minimum absolute atomic E-state index is 0.179. The molecule has 10 heteroatoms. The van der Waals surface area contributed by atoms with Crippen LogP contribution in [-0.4, -0.2) is 58.6 Å². The third-order valence-electron chi connectivity index (χ3n) is 5.84. The van der Waals surface area contributed by atoms with Gasteiger partial charge in [-0.15, -0.1) is 0 Å². The smallest absolute Gasteiger partial charge is 0.333 e. The van der Waals surface area contributed by atoms with Gasteiger partial charge in [0.15, 0.2) is 11.5 Å². The number of methoxy groups -OCH3 is 2. The first-order chi connectivity index (χ1) is 20.7. The summed E-state index contributed by atoms with van der Waals surface area (Å²) >= 11 is 6.34. The molecule has 0 radical (unpaired) electrons. The highest BCUT2D eigenvalue weighted by atomic mass is 35.5. The van der Waals surface area contributed by atoms with Crippen molar-refractivity contribution in [3.63, 3.8) is 0 Å². The molecule has 232 valence electrons. The van der Waals surface area contributed by atoms with Gasteiger partial charge in [0.25, 0.3) is 0 Å². The van der Waals surface area contributed by atoms with Gasteiger partial charge in [-0.3, -0.25) is 0 Å². The van der Waals surface area contributed by atoms with Gasteiger partial charge in [-0.25, -0.2) is 14.4 Å². The van der Waals surface area contributed by atoms with E-state index in [1.54, 1.807) is 55.5 Å². The summed E-state index contributed by atoms with van der Waals surface area (Å²) in [5, 5.41) is 0.447. The predicted octanol–water partition coefficient (Wildman–Crippen LogP) is 6.62. The molecule has 0 aliphatic heterocycles. The van der Waals surface area contributed by atoms with Gasteiger partial charge in [-0.2, -0.15) is 0 Å². The quantitative estimate of drug-likeness (QED) is 0.0747. The highest BCUT2D eigenvalue weighted by Gasteiger charge is 2.07. The summed E-state index contributed by atoms with van der Waals surface area (Å²) < 4.78 is 31.8. The van der Waals surface area contributed by atoms with Crippen LogP contribution in [0.4, 0.5) is 0 Å². The second-order valence-corrected chi connectivity index (χ2v) is 9.75. The van der Waals surface area contributed by atoms with Crippen molar-refractivity contribution in [1.29, 1.82) is 0 Å². The Morgan fingerprint density at radius 2 is 1.30 bits per heavy atom. The molecule has 0 aliphatic rings. The summed E-state index contributed by atoms with van der Waals surface area (Å²) in [5.41, 5.74) is 1.89. The maximum atomic E-state index is 12.1. The molecule has 0 saturated carbocycles. The van der Waals surface area contributed by atoms with Gasteiger partial charge in [-0.05, 0) is 80.2 Å². The van der Waals surface area contributed by atoms with Gasteiger partial charge in [0.2, 0.25) is 0 Å². The molecule has 0 amide bonds. The molecule has 2 aromatic carbocycles. The second-order valence-electron chi connectivity index (χ2n) is 9.34. The third kappa shape index (κ3) is 14.0. The molecule has 43 heavy (non-hydrogen) atoms. The molecule has 0 bridgehead atoms. The molecule has 2 aromatic rings.